The second-order valence-electron chi connectivity index (χ2n) is 5.26. The maximum absolute atomic E-state index is 12.3. The van der Waals surface area contributed by atoms with Crippen molar-refractivity contribution in [2.45, 2.75) is 52.4 Å². The molecular weight excluding hydrogens is 184 g/mol. The molecule has 1 saturated carbocycles. The predicted octanol–water partition coefficient (Wildman–Crippen LogP) is 3.74. The molecule has 0 bridgehead atoms. The first-order valence-electron chi connectivity index (χ1n) is 6.48. The molecule has 1 fully saturated rings. The summed E-state index contributed by atoms with van der Waals surface area (Å²) in [7, 11) is 0. The van der Waals surface area contributed by atoms with Gasteiger partial charge in [0.1, 0.15) is 0 Å². The normalized spacial score (nSPS) is 35.2. The van der Waals surface area contributed by atoms with Gasteiger partial charge in [-0.2, -0.15) is 0 Å². The predicted molar refractivity (Wildman–Crippen MR) is 62.6 cm³/mol. The second kappa shape index (κ2) is 4.51. The van der Waals surface area contributed by atoms with Gasteiger partial charge in [-0.1, -0.05) is 32.8 Å². The van der Waals surface area contributed by atoms with E-state index >= 15 is 0 Å². The van der Waals surface area contributed by atoms with Gasteiger partial charge >= 0.3 is 0 Å². The highest BCUT2D eigenvalue weighted by atomic mass is 16.1. The fourth-order valence-corrected chi connectivity index (χ4v) is 3.23. The van der Waals surface area contributed by atoms with Crippen LogP contribution in [0, 0.1) is 17.8 Å². The summed E-state index contributed by atoms with van der Waals surface area (Å²) < 4.78 is 0. The Bertz CT molecular complexity index is 277. The molecule has 1 nitrogen and oxygen atoms in total. The van der Waals surface area contributed by atoms with Crippen LogP contribution in [-0.2, 0) is 4.79 Å². The summed E-state index contributed by atoms with van der Waals surface area (Å²) in [5, 5.41) is 0. The highest BCUT2D eigenvalue weighted by Gasteiger charge is 2.38. The largest absolute Gasteiger partial charge is 0.294 e. The Morgan fingerprint density at radius 2 is 2.27 bits per heavy atom. The Labute approximate surface area is 92.9 Å². The van der Waals surface area contributed by atoms with Crippen molar-refractivity contribution in [1.29, 1.82) is 0 Å². The molecule has 0 heterocycles. The quantitative estimate of drug-likeness (QED) is 0.687. The minimum Gasteiger partial charge on any atom is -0.294 e. The maximum atomic E-state index is 12.3. The lowest BCUT2D eigenvalue weighted by Gasteiger charge is -2.33. The van der Waals surface area contributed by atoms with Gasteiger partial charge in [-0.25, -0.2) is 0 Å². The number of fused-ring (bicyclic) bond motifs is 1. The molecule has 0 aliphatic heterocycles. The number of hydrogen-bond acceptors (Lipinski definition) is 1. The summed E-state index contributed by atoms with van der Waals surface area (Å²) >= 11 is 0. The summed E-state index contributed by atoms with van der Waals surface area (Å²) in [6.07, 6.45) is 9.35. The molecule has 3 atom stereocenters. The van der Waals surface area contributed by atoms with E-state index in [1.54, 1.807) is 0 Å². The van der Waals surface area contributed by atoms with Crippen molar-refractivity contribution in [2.75, 3.05) is 0 Å². The van der Waals surface area contributed by atoms with E-state index in [-0.39, 0.29) is 0 Å². The van der Waals surface area contributed by atoms with E-state index in [0.717, 1.165) is 12.8 Å². The first-order chi connectivity index (χ1) is 7.24. The Morgan fingerprint density at radius 1 is 1.47 bits per heavy atom. The number of carbonyl (C=O) groups is 1. The average Bonchev–Trinajstić information content (AvgIpc) is 2.65. The van der Waals surface area contributed by atoms with Crippen molar-refractivity contribution < 1.29 is 4.79 Å². The molecule has 0 aromatic carbocycles. The maximum Gasteiger partial charge on any atom is 0.162 e. The van der Waals surface area contributed by atoms with Gasteiger partial charge in [0.2, 0.25) is 0 Å². The summed E-state index contributed by atoms with van der Waals surface area (Å²) in [4.78, 5) is 12.3. The standard InChI is InChI=1S/C14H22O/c1-3-4-7-12-10(2)9-11-6-5-8-13(11)14(12)15/h8,10-12H,3-7,9H2,1-2H3/t10-,11-,12?/m0/s1. The molecular formula is C14H22O. The number of carbonyl (C=O) groups excluding carboxylic acids is 1. The molecule has 0 radical (unpaired) electrons. The molecule has 1 heteroatoms. The fourth-order valence-electron chi connectivity index (χ4n) is 3.23. The van der Waals surface area contributed by atoms with Gasteiger partial charge in [-0.05, 0) is 43.1 Å². The first kappa shape index (κ1) is 10.9. The van der Waals surface area contributed by atoms with Gasteiger partial charge in [0.25, 0.3) is 0 Å². The van der Waals surface area contributed by atoms with Crippen LogP contribution in [0.2, 0.25) is 0 Å². The number of unbranched alkanes of at least 4 members (excludes halogenated alkanes) is 1. The minimum atomic E-state index is 0.338. The fraction of sp³-hybridized carbons (Fsp3) is 0.786. The Kier molecular flexibility index (Phi) is 3.28. The van der Waals surface area contributed by atoms with E-state index < -0.39 is 0 Å². The highest BCUT2D eigenvalue weighted by Crippen LogP contribution is 2.42. The van der Waals surface area contributed by atoms with Crippen LogP contribution in [0.5, 0.6) is 0 Å². The zero-order valence-electron chi connectivity index (χ0n) is 9.96. The number of rotatable bonds is 3. The van der Waals surface area contributed by atoms with Crippen molar-refractivity contribution in [3.63, 3.8) is 0 Å². The monoisotopic (exact) mass is 206 g/mol. The van der Waals surface area contributed by atoms with Crippen molar-refractivity contribution in [1.82, 2.24) is 0 Å². The number of allylic oxidation sites excluding steroid dienone is 2. The summed E-state index contributed by atoms with van der Waals surface area (Å²) in [6.45, 7) is 4.48. The second-order valence-corrected chi connectivity index (χ2v) is 5.26. The molecule has 0 saturated heterocycles. The van der Waals surface area contributed by atoms with Gasteiger partial charge < -0.3 is 0 Å². The van der Waals surface area contributed by atoms with E-state index in [0.29, 0.717) is 23.5 Å². The number of Topliss-reactive ketones (excluding diaryl/α,β-unsaturated/α-hetero) is 1. The van der Waals surface area contributed by atoms with Crippen LogP contribution in [0.15, 0.2) is 11.6 Å². The lowest BCUT2D eigenvalue weighted by Crippen LogP contribution is -2.32. The lowest BCUT2D eigenvalue weighted by molar-refractivity contribution is -0.123. The molecule has 2 rings (SSSR count). The first-order valence-corrected chi connectivity index (χ1v) is 6.48. The SMILES string of the molecule is CCCCC1C(=O)C2=CCC[C@H]2C[C@@H]1C. The third kappa shape index (κ3) is 2.02. The third-order valence-corrected chi connectivity index (χ3v) is 4.15. The molecule has 0 spiro atoms. The van der Waals surface area contributed by atoms with Crippen molar-refractivity contribution >= 4 is 5.78 Å². The van der Waals surface area contributed by atoms with Gasteiger partial charge in [-0.15, -0.1) is 0 Å². The molecule has 1 unspecified atom stereocenters. The van der Waals surface area contributed by atoms with E-state index in [1.807, 2.05) is 0 Å². The molecule has 0 N–H and O–H groups in total. The van der Waals surface area contributed by atoms with Crippen molar-refractivity contribution in [3.05, 3.63) is 11.6 Å². The van der Waals surface area contributed by atoms with Crippen LogP contribution < -0.4 is 0 Å². The number of hydrogen-bond donors (Lipinski definition) is 0. The summed E-state index contributed by atoms with van der Waals surface area (Å²) in [5.74, 6) is 2.06. The van der Waals surface area contributed by atoms with Gasteiger partial charge in [-0.3, -0.25) is 4.79 Å². The zero-order valence-corrected chi connectivity index (χ0v) is 9.96. The van der Waals surface area contributed by atoms with E-state index in [2.05, 4.69) is 19.9 Å². The topological polar surface area (TPSA) is 17.1 Å². The van der Waals surface area contributed by atoms with Crippen LogP contribution in [0.3, 0.4) is 0 Å². The van der Waals surface area contributed by atoms with Gasteiger partial charge in [0.15, 0.2) is 5.78 Å². The Balaban J connectivity index is 2.07. The van der Waals surface area contributed by atoms with Crippen molar-refractivity contribution in [2.24, 2.45) is 17.8 Å². The van der Waals surface area contributed by atoms with Gasteiger partial charge in [0.05, 0.1) is 0 Å². The molecule has 2 aliphatic carbocycles. The molecule has 0 aromatic heterocycles. The Morgan fingerprint density at radius 3 is 3.00 bits per heavy atom. The van der Waals surface area contributed by atoms with Crippen LogP contribution in [0.1, 0.15) is 52.4 Å². The van der Waals surface area contributed by atoms with Gasteiger partial charge in [0, 0.05) is 5.92 Å². The van der Waals surface area contributed by atoms with Crippen LogP contribution in [-0.4, -0.2) is 5.78 Å². The molecule has 0 amide bonds. The summed E-state index contributed by atoms with van der Waals surface area (Å²) in [6, 6.07) is 0. The Hall–Kier alpha value is -0.590. The van der Waals surface area contributed by atoms with E-state index in [9.17, 15) is 4.79 Å². The lowest BCUT2D eigenvalue weighted by atomic mass is 9.70. The van der Waals surface area contributed by atoms with Crippen LogP contribution >= 0.6 is 0 Å². The van der Waals surface area contributed by atoms with Crippen LogP contribution in [0.25, 0.3) is 0 Å². The van der Waals surface area contributed by atoms with Crippen molar-refractivity contribution in [3.8, 4) is 0 Å². The third-order valence-electron chi connectivity index (χ3n) is 4.15. The average molecular weight is 206 g/mol. The summed E-state index contributed by atoms with van der Waals surface area (Å²) in [5.41, 5.74) is 1.19. The minimum absolute atomic E-state index is 0.338. The molecule has 2 aliphatic rings. The molecule has 84 valence electrons. The molecule has 0 aromatic rings. The highest BCUT2D eigenvalue weighted by molar-refractivity contribution is 5.99. The van der Waals surface area contributed by atoms with E-state index in [1.165, 1.54) is 31.3 Å². The molecule has 15 heavy (non-hydrogen) atoms. The van der Waals surface area contributed by atoms with E-state index in [4.69, 9.17) is 0 Å². The van der Waals surface area contributed by atoms with Crippen LogP contribution in [0.4, 0.5) is 0 Å². The number of ketones is 1. The smallest absolute Gasteiger partial charge is 0.162 e. The zero-order chi connectivity index (χ0) is 10.8.